The van der Waals surface area contributed by atoms with E-state index >= 15 is 0 Å². The Bertz CT molecular complexity index is 845. The number of nitrogens with zero attached hydrogens (tertiary/aromatic N) is 1. The topological polar surface area (TPSA) is 51.2 Å². The number of methoxy groups -OCH3 is 1. The van der Waals surface area contributed by atoms with Gasteiger partial charge in [-0.05, 0) is 42.3 Å². The van der Waals surface area contributed by atoms with Gasteiger partial charge in [0.25, 0.3) is 0 Å². The molecule has 0 aliphatic heterocycles. The highest BCUT2D eigenvalue weighted by atomic mass is 16.5. The number of ether oxygens (including phenoxy) is 1. The van der Waals surface area contributed by atoms with Crippen molar-refractivity contribution in [2.24, 2.45) is 0 Å². The van der Waals surface area contributed by atoms with Crippen LogP contribution in [-0.2, 0) is 11.2 Å². The summed E-state index contributed by atoms with van der Waals surface area (Å²) in [5, 5.41) is 4.36. The second-order valence-corrected chi connectivity index (χ2v) is 5.24. The van der Waals surface area contributed by atoms with Gasteiger partial charge in [0.15, 0.2) is 5.69 Å². The Balaban J connectivity index is 2.16. The van der Waals surface area contributed by atoms with Crippen LogP contribution in [0.4, 0.5) is 11.4 Å². The summed E-state index contributed by atoms with van der Waals surface area (Å²) in [5.41, 5.74) is 4.09. The molecule has 116 valence electrons. The van der Waals surface area contributed by atoms with Crippen molar-refractivity contribution in [1.82, 2.24) is 4.98 Å². The van der Waals surface area contributed by atoms with Crippen LogP contribution in [0.25, 0.3) is 10.9 Å². The molecule has 1 aromatic heterocycles. The van der Waals surface area contributed by atoms with Crippen molar-refractivity contribution in [2.45, 2.75) is 13.3 Å². The number of fused-ring (bicyclic) bond motifs is 1. The standard InChI is InChI=1S/C19H18N2O2/c1-3-13-9-10-16-15(11-13)17(12-18(21-16)19(22)23-2)20-14-7-5-4-6-8-14/h4-12H,3H2,1-2H3,(H,20,21). The van der Waals surface area contributed by atoms with Gasteiger partial charge in [-0.25, -0.2) is 9.78 Å². The number of pyridine rings is 1. The lowest BCUT2D eigenvalue weighted by molar-refractivity contribution is 0.0594. The van der Waals surface area contributed by atoms with Crippen molar-refractivity contribution in [3.8, 4) is 0 Å². The van der Waals surface area contributed by atoms with Gasteiger partial charge in [-0.2, -0.15) is 0 Å². The molecule has 0 atom stereocenters. The second-order valence-electron chi connectivity index (χ2n) is 5.24. The van der Waals surface area contributed by atoms with Crippen LogP contribution in [0.5, 0.6) is 0 Å². The summed E-state index contributed by atoms with van der Waals surface area (Å²) in [6.07, 6.45) is 0.944. The van der Waals surface area contributed by atoms with Crippen LogP contribution in [0, 0.1) is 0 Å². The Morgan fingerprint density at radius 3 is 2.61 bits per heavy atom. The second kappa shape index (κ2) is 6.48. The number of rotatable bonds is 4. The van der Waals surface area contributed by atoms with E-state index in [4.69, 9.17) is 4.74 Å². The molecular formula is C19H18N2O2. The molecule has 3 rings (SSSR count). The summed E-state index contributed by atoms with van der Waals surface area (Å²) in [6, 6.07) is 17.7. The molecule has 1 N–H and O–H groups in total. The third kappa shape index (κ3) is 3.16. The highest BCUT2D eigenvalue weighted by Crippen LogP contribution is 2.28. The van der Waals surface area contributed by atoms with Gasteiger partial charge in [0.05, 0.1) is 18.3 Å². The van der Waals surface area contributed by atoms with Crippen LogP contribution in [0.15, 0.2) is 54.6 Å². The van der Waals surface area contributed by atoms with E-state index in [1.165, 1.54) is 12.7 Å². The summed E-state index contributed by atoms with van der Waals surface area (Å²) >= 11 is 0. The lowest BCUT2D eigenvalue weighted by atomic mass is 10.1. The van der Waals surface area contributed by atoms with Gasteiger partial charge in [0.2, 0.25) is 0 Å². The number of carbonyl (C=O) groups excluding carboxylic acids is 1. The van der Waals surface area contributed by atoms with Crippen LogP contribution < -0.4 is 5.32 Å². The van der Waals surface area contributed by atoms with Crippen molar-refractivity contribution in [3.63, 3.8) is 0 Å². The summed E-state index contributed by atoms with van der Waals surface area (Å²) < 4.78 is 4.81. The number of carbonyl (C=O) groups is 1. The molecule has 0 aliphatic rings. The molecule has 0 saturated carbocycles. The molecule has 1 heterocycles. The predicted molar refractivity (Wildman–Crippen MR) is 92.2 cm³/mol. The van der Waals surface area contributed by atoms with Crippen molar-refractivity contribution in [1.29, 1.82) is 0 Å². The molecule has 3 aromatic rings. The number of hydrogen-bond donors (Lipinski definition) is 1. The normalized spacial score (nSPS) is 10.5. The molecule has 0 saturated heterocycles. The van der Waals surface area contributed by atoms with E-state index in [2.05, 4.69) is 23.3 Å². The minimum absolute atomic E-state index is 0.294. The quantitative estimate of drug-likeness (QED) is 0.729. The largest absolute Gasteiger partial charge is 0.464 e. The monoisotopic (exact) mass is 306 g/mol. The molecule has 0 aliphatic carbocycles. The van der Waals surface area contributed by atoms with Crippen LogP contribution in [-0.4, -0.2) is 18.1 Å². The molecule has 2 aromatic carbocycles. The van der Waals surface area contributed by atoms with Crippen LogP contribution in [0.2, 0.25) is 0 Å². The van der Waals surface area contributed by atoms with Gasteiger partial charge in [0, 0.05) is 11.1 Å². The fraction of sp³-hybridized carbons (Fsp3) is 0.158. The SMILES string of the molecule is CCc1ccc2nc(C(=O)OC)cc(Nc3ccccc3)c2c1. The number of hydrogen-bond acceptors (Lipinski definition) is 4. The third-order valence-electron chi connectivity index (χ3n) is 3.73. The summed E-state index contributed by atoms with van der Waals surface area (Å²) in [5.74, 6) is -0.442. The van der Waals surface area contributed by atoms with Crippen molar-refractivity contribution < 1.29 is 9.53 Å². The van der Waals surface area contributed by atoms with Crippen LogP contribution >= 0.6 is 0 Å². The zero-order valence-corrected chi connectivity index (χ0v) is 13.2. The first-order valence-corrected chi connectivity index (χ1v) is 7.55. The van der Waals surface area contributed by atoms with E-state index in [1.807, 2.05) is 42.5 Å². The Morgan fingerprint density at radius 1 is 1.13 bits per heavy atom. The highest BCUT2D eigenvalue weighted by Gasteiger charge is 2.13. The Morgan fingerprint density at radius 2 is 1.91 bits per heavy atom. The first kappa shape index (κ1) is 15.0. The molecule has 0 spiro atoms. The first-order valence-electron chi connectivity index (χ1n) is 7.55. The Hall–Kier alpha value is -2.88. The Labute approximate surface area is 135 Å². The van der Waals surface area contributed by atoms with Gasteiger partial charge in [-0.3, -0.25) is 0 Å². The molecule has 0 fully saturated rings. The molecule has 23 heavy (non-hydrogen) atoms. The molecule has 4 heteroatoms. The van der Waals surface area contributed by atoms with Gasteiger partial charge < -0.3 is 10.1 Å². The average Bonchev–Trinajstić information content (AvgIpc) is 2.61. The highest BCUT2D eigenvalue weighted by molar-refractivity contribution is 5.99. The van der Waals surface area contributed by atoms with E-state index in [9.17, 15) is 4.79 Å². The minimum atomic E-state index is -0.442. The number of nitrogens with one attached hydrogen (secondary N) is 1. The van der Waals surface area contributed by atoms with Crippen molar-refractivity contribution >= 4 is 28.2 Å². The third-order valence-corrected chi connectivity index (χ3v) is 3.73. The minimum Gasteiger partial charge on any atom is -0.464 e. The molecular weight excluding hydrogens is 288 g/mol. The van der Waals surface area contributed by atoms with Gasteiger partial charge >= 0.3 is 5.97 Å². The number of aromatic nitrogens is 1. The van der Waals surface area contributed by atoms with Gasteiger partial charge in [-0.15, -0.1) is 0 Å². The fourth-order valence-corrected chi connectivity index (χ4v) is 2.48. The smallest absolute Gasteiger partial charge is 0.356 e. The average molecular weight is 306 g/mol. The Kier molecular flexibility index (Phi) is 4.24. The van der Waals surface area contributed by atoms with Crippen molar-refractivity contribution in [2.75, 3.05) is 12.4 Å². The van der Waals surface area contributed by atoms with E-state index in [0.717, 1.165) is 28.7 Å². The first-order chi connectivity index (χ1) is 11.2. The molecule has 0 bridgehead atoms. The van der Waals surface area contributed by atoms with Crippen LogP contribution in [0.3, 0.4) is 0 Å². The molecule has 0 amide bonds. The van der Waals surface area contributed by atoms with E-state index in [-0.39, 0.29) is 0 Å². The fourth-order valence-electron chi connectivity index (χ4n) is 2.48. The number of para-hydroxylation sites is 1. The molecule has 4 nitrogen and oxygen atoms in total. The maximum Gasteiger partial charge on any atom is 0.356 e. The number of esters is 1. The van der Waals surface area contributed by atoms with E-state index in [0.29, 0.717) is 5.69 Å². The van der Waals surface area contributed by atoms with Gasteiger partial charge in [-0.1, -0.05) is 31.2 Å². The summed E-state index contributed by atoms with van der Waals surface area (Å²) in [6.45, 7) is 2.11. The maximum absolute atomic E-state index is 11.9. The summed E-state index contributed by atoms with van der Waals surface area (Å²) in [4.78, 5) is 16.3. The zero-order valence-electron chi connectivity index (χ0n) is 13.2. The zero-order chi connectivity index (χ0) is 16.2. The van der Waals surface area contributed by atoms with E-state index < -0.39 is 5.97 Å². The predicted octanol–water partition coefficient (Wildman–Crippen LogP) is 4.33. The van der Waals surface area contributed by atoms with Crippen molar-refractivity contribution in [3.05, 3.63) is 65.9 Å². The number of anilines is 2. The summed E-state index contributed by atoms with van der Waals surface area (Å²) in [7, 11) is 1.36. The van der Waals surface area contributed by atoms with Crippen LogP contribution in [0.1, 0.15) is 23.0 Å². The number of benzene rings is 2. The molecule has 0 unspecified atom stereocenters. The lowest BCUT2D eigenvalue weighted by Crippen LogP contribution is -2.06. The van der Waals surface area contributed by atoms with E-state index in [1.54, 1.807) is 6.07 Å². The molecule has 0 radical (unpaired) electrons. The van der Waals surface area contributed by atoms with Gasteiger partial charge in [0.1, 0.15) is 0 Å². The maximum atomic E-state index is 11.9. The number of aryl methyl sites for hydroxylation is 1. The lowest BCUT2D eigenvalue weighted by Gasteiger charge is -2.12.